The highest BCUT2D eigenvalue weighted by molar-refractivity contribution is 7.89. The van der Waals surface area contributed by atoms with E-state index in [1.807, 2.05) is 13.8 Å². The van der Waals surface area contributed by atoms with Crippen LogP contribution in [0.25, 0.3) is 0 Å². The molecule has 0 radical (unpaired) electrons. The summed E-state index contributed by atoms with van der Waals surface area (Å²) in [7, 11) is -0.0876. The Kier molecular flexibility index (Phi) is 5.10. The summed E-state index contributed by atoms with van der Waals surface area (Å²) < 4.78 is 26.0. The van der Waals surface area contributed by atoms with Gasteiger partial charge in [-0.3, -0.25) is 0 Å². The minimum atomic E-state index is -3.44. The van der Waals surface area contributed by atoms with Crippen LogP contribution in [-0.2, 0) is 10.0 Å². The van der Waals surface area contributed by atoms with Gasteiger partial charge in [0.1, 0.15) is 10.7 Å². The Labute approximate surface area is 109 Å². The van der Waals surface area contributed by atoms with Crippen molar-refractivity contribution in [2.75, 3.05) is 19.4 Å². The number of nitrogens with zero attached hydrogens (tertiary/aromatic N) is 2. The molecule has 0 saturated carbocycles. The SMILES string of the molecule is CCCC(C)N(C)S(=O)(=O)c1ccc(NC)nc1. The third kappa shape index (κ3) is 3.20. The number of nitrogens with one attached hydrogen (secondary N) is 1. The molecule has 0 saturated heterocycles. The lowest BCUT2D eigenvalue weighted by Gasteiger charge is -2.23. The van der Waals surface area contributed by atoms with Gasteiger partial charge in [-0.15, -0.1) is 0 Å². The normalized spacial score (nSPS) is 13.6. The van der Waals surface area contributed by atoms with Crippen molar-refractivity contribution >= 4 is 15.8 Å². The summed E-state index contributed by atoms with van der Waals surface area (Å²) >= 11 is 0. The van der Waals surface area contributed by atoms with Crippen LogP contribution in [0.3, 0.4) is 0 Å². The van der Waals surface area contributed by atoms with Crippen molar-refractivity contribution in [1.82, 2.24) is 9.29 Å². The molecule has 5 nitrogen and oxygen atoms in total. The second-order valence-electron chi connectivity index (χ2n) is 4.29. The van der Waals surface area contributed by atoms with Crippen LogP contribution >= 0.6 is 0 Å². The topological polar surface area (TPSA) is 62.3 Å². The number of sulfonamides is 1. The van der Waals surface area contributed by atoms with Crippen molar-refractivity contribution in [3.63, 3.8) is 0 Å². The van der Waals surface area contributed by atoms with Gasteiger partial charge in [0, 0.05) is 26.3 Å². The van der Waals surface area contributed by atoms with E-state index < -0.39 is 10.0 Å². The molecule has 102 valence electrons. The zero-order valence-corrected chi connectivity index (χ0v) is 12.2. The second kappa shape index (κ2) is 6.15. The van der Waals surface area contributed by atoms with E-state index in [9.17, 15) is 8.42 Å². The van der Waals surface area contributed by atoms with Gasteiger partial charge in [0.25, 0.3) is 0 Å². The highest BCUT2D eigenvalue weighted by Gasteiger charge is 2.24. The molecular formula is C12H21N3O2S. The lowest BCUT2D eigenvalue weighted by Crippen LogP contribution is -2.35. The summed E-state index contributed by atoms with van der Waals surface area (Å²) in [5.41, 5.74) is 0. The van der Waals surface area contributed by atoms with Crippen molar-refractivity contribution in [2.24, 2.45) is 0 Å². The van der Waals surface area contributed by atoms with Gasteiger partial charge < -0.3 is 5.32 Å². The van der Waals surface area contributed by atoms with Crippen LogP contribution in [0, 0.1) is 0 Å². The summed E-state index contributed by atoms with van der Waals surface area (Å²) in [5.74, 6) is 0.651. The Morgan fingerprint density at radius 3 is 2.56 bits per heavy atom. The van der Waals surface area contributed by atoms with Gasteiger partial charge >= 0.3 is 0 Å². The highest BCUT2D eigenvalue weighted by atomic mass is 32.2. The van der Waals surface area contributed by atoms with Crippen LogP contribution in [-0.4, -0.2) is 37.8 Å². The first-order valence-corrected chi connectivity index (χ1v) is 7.49. The molecule has 6 heteroatoms. The van der Waals surface area contributed by atoms with E-state index in [4.69, 9.17) is 0 Å². The van der Waals surface area contributed by atoms with Gasteiger partial charge in [-0.2, -0.15) is 4.31 Å². The highest BCUT2D eigenvalue weighted by Crippen LogP contribution is 2.18. The monoisotopic (exact) mass is 271 g/mol. The lowest BCUT2D eigenvalue weighted by molar-refractivity contribution is 0.368. The molecule has 0 bridgehead atoms. The van der Waals surface area contributed by atoms with Gasteiger partial charge in [-0.1, -0.05) is 13.3 Å². The second-order valence-corrected chi connectivity index (χ2v) is 6.29. The zero-order chi connectivity index (χ0) is 13.8. The van der Waals surface area contributed by atoms with Crippen LogP contribution in [0.4, 0.5) is 5.82 Å². The third-order valence-corrected chi connectivity index (χ3v) is 4.95. The van der Waals surface area contributed by atoms with E-state index in [-0.39, 0.29) is 10.9 Å². The predicted octanol–water partition coefficient (Wildman–Crippen LogP) is 1.93. The predicted molar refractivity (Wildman–Crippen MR) is 73.1 cm³/mol. The molecule has 1 rings (SSSR count). The average Bonchev–Trinajstić information content (AvgIpc) is 2.38. The molecule has 0 aliphatic rings. The lowest BCUT2D eigenvalue weighted by atomic mass is 10.2. The van der Waals surface area contributed by atoms with Crippen molar-refractivity contribution in [3.8, 4) is 0 Å². The largest absolute Gasteiger partial charge is 0.373 e. The molecule has 1 aromatic heterocycles. The van der Waals surface area contributed by atoms with E-state index >= 15 is 0 Å². The fourth-order valence-corrected chi connectivity index (χ4v) is 3.02. The van der Waals surface area contributed by atoms with Gasteiger partial charge in [0.05, 0.1) is 0 Å². The minimum absolute atomic E-state index is 0.0102. The Bertz CT molecular complexity index is 471. The summed E-state index contributed by atoms with van der Waals surface area (Å²) in [4.78, 5) is 4.26. The average molecular weight is 271 g/mol. The van der Waals surface area contributed by atoms with Crippen molar-refractivity contribution in [2.45, 2.75) is 37.6 Å². The Balaban J connectivity index is 2.97. The molecule has 0 amide bonds. The number of hydrogen-bond acceptors (Lipinski definition) is 4. The fourth-order valence-electron chi connectivity index (χ4n) is 1.68. The van der Waals surface area contributed by atoms with Crippen LogP contribution in [0.2, 0.25) is 0 Å². The molecule has 1 aromatic rings. The first kappa shape index (κ1) is 14.9. The number of anilines is 1. The van der Waals surface area contributed by atoms with E-state index in [2.05, 4.69) is 10.3 Å². The zero-order valence-electron chi connectivity index (χ0n) is 11.3. The third-order valence-electron chi connectivity index (χ3n) is 3.00. The molecule has 0 spiro atoms. The number of aromatic nitrogens is 1. The van der Waals surface area contributed by atoms with E-state index in [0.717, 1.165) is 12.8 Å². The number of pyridine rings is 1. The molecule has 18 heavy (non-hydrogen) atoms. The van der Waals surface area contributed by atoms with Gasteiger partial charge in [0.15, 0.2) is 0 Å². The quantitative estimate of drug-likeness (QED) is 0.859. The Morgan fingerprint density at radius 2 is 2.11 bits per heavy atom. The summed E-state index contributed by atoms with van der Waals surface area (Å²) in [6, 6.07) is 3.22. The summed E-state index contributed by atoms with van der Waals surface area (Å²) in [6.45, 7) is 3.96. The van der Waals surface area contributed by atoms with E-state index in [1.54, 1.807) is 26.2 Å². The molecule has 0 aliphatic carbocycles. The van der Waals surface area contributed by atoms with Crippen LogP contribution in [0.5, 0.6) is 0 Å². The summed E-state index contributed by atoms with van der Waals surface area (Å²) in [6.07, 6.45) is 3.19. The summed E-state index contributed by atoms with van der Waals surface area (Å²) in [5, 5.41) is 2.86. The molecule has 1 heterocycles. The number of hydrogen-bond donors (Lipinski definition) is 1. The number of rotatable bonds is 6. The smallest absolute Gasteiger partial charge is 0.244 e. The molecule has 1 unspecified atom stereocenters. The van der Waals surface area contributed by atoms with E-state index in [1.165, 1.54) is 10.5 Å². The maximum atomic E-state index is 12.3. The molecule has 0 fully saturated rings. The van der Waals surface area contributed by atoms with Crippen molar-refractivity contribution < 1.29 is 8.42 Å². The standard InChI is InChI=1S/C12H21N3O2S/c1-5-6-10(2)15(4)18(16,17)11-7-8-12(13-3)14-9-11/h7-10H,5-6H2,1-4H3,(H,13,14). The van der Waals surface area contributed by atoms with Crippen LogP contribution in [0.15, 0.2) is 23.2 Å². The first-order valence-electron chi connectivity index (χ1n) is 6.05. The molecular weight excluding hydrogens is 250 g/mol. The minimum Gasteiger partial charge on any atom is -0.373 e. The van der Waals surface area contributed by atoms with Crippen LogP contribution < -0.4 is 5.32 Å². The maximum Gasteiger partial charge on any atom is 0.244 e. The fraction of sp³-hybridized carbons (Fsp3) is 0.583. The van der Waals surface area contributed by atoms with E-state index in [0.29, 0.717) is 5.82 Å². The first-order chi connectivity index (χ1) is 8.43. The van der Waals surface area contributed by atoms with Crippen molar-refractivity contribution in [3.05, 3.63) is 18.3 Å². The van der Waals surface area contributed by atoms with Gasteiger partial charge in [-0.05, 0) is 25.5 Å². The Morgan fingerprint density at radius 1 is 1.44 bits per heavy atom. The molecule has 0 aromatic carbocycles. The molecule has 1 atom stereocenters. The van der Waals surface area contributed by atoms with Gasteiger partial charge in [-0.25, -0.2) is 13.4 Å². The Hall–Kier alpha value is -1.14. The van der Waals surface area contributed by atoms with Crippen molar-refractivity contribution in [1.29, 1.82) is 0 Å². The van der Waals surface area contributed by atoms with Gasteiger partial charge in [0.2, 0.25) is 10.0 Å². The molecule has 0 aliphatic heterocycles. The van der Waals surface area contributed by atoms with Crippen LogP contribution in [0.1, 0.15) is 26.7 Å². The molecule has 1 N–H and O–H groups in total. The maximum absolute atomic E-state index is 12.3.